The van der Waals surface area contributed by atoms with Crippen LogP contribution in [0.15, 0.2) is 24.3 Å². The molecule has 23 heavy (non-hydrogen) atoms. The van der Waals surface area contributed by atoms with E-state index < -0.39 is 12.1 Å². The summed E-state index contributed by atoms with van der Waals surface area (Å²) in [4.78, 5) is 13.4. The molecule has 3 atom stereocenters. The number of hydrogen-bond donors (Lipinski definition) is 2. The number of ether oxygens (including phenoxy) is 2. The third kappa shape index (κ3) is 1.94. The van der Waals surface area contributed by atoms with Crippen molar-refractivity contribution in [2.45, 2.75) is 37.0 Å². The van der Waals surface area contributed by atoms with Crippen LogP contribution in [0.1, 0.15) is 24.0 Å². The molecule has 1 aromatic rings. The van der Waals surface area contributed by atoms with Crippen LogP contribution in [0.2, 0.25) is 0 Å². The lowest BCUT2D eigenvalue weighted by Gasteiger charge is -2.35. The second-order valence-electron chi connectivity index (χ2n) is 6.45. The molecule has 0 fully saturated rings. The van der Waals surface area contributed by atoms with Gasteiger partial charge in [0.15, 0.2) is 11.5 Å². The van der Waals surface area contributed by atoms with Gasteiger partial charge in [0.25, 0.3) is 0 Å². The van der Waals surface area contributed by atoms with Crippen LogP contribution in [0.3, 0.4) is 0 Å². The number of amides is 2. The van der Waals surface area contributed by atoms with Crippen LogP contribution >= 0.6 is 0 Å². The Labute approximate surface area is 134 Å². The molecule has 4 rings (SSSR count). The number of aliphatic hydroxyl groups is 1. The number of aliphatic hydroxyl groups excluding tert-OH is 1. The van der Waals surface area contributed by atoms with Crippen LogP contribution in [-0.2, 0) is 12.0 Å². The number of primary amides is 1. The van der Waals surface area contributed by atoms with Crippen LogP contribution in [0.25, 0.3) is 0 Å². The maximum atomic E-state index is 11.7. The highest BCUT2D eigenvalue weighted by Crippen LogP contribution is 2.55. The van der Waals surface area contributed by atoms with Gasteiger partial charge >= 0.3 is 6.03 Å². The van der Waals surface area contributed by atoms with E-state index in [0.29, 0.717) is 25.3 Å². The topological polar surface area (TPSA) is 85.0 Å². The van der Waals surface area contributed by atoms with Gasteiger partial charge in [-0.15, -0.1) is 0 Å². The van der Waals surface area contributed by atoms with Crippen LogP contribution < -0.4 is 15.2 Å². The van der Waals surface area contributed by atoms with Crippen molar-refractivity contribution in [1.29, 1.82) is 0 Å². The molecule has 0 bridgehead atoms. The Morgan fingerprint density at radius 2 is 2.35 bits per heavy atom. The summed E-state index contributed by atoms with van der Waals surface area (Å²) in [5, 5.41) is 9.99. The van der Waals surface area contributed by atoms with E-state index in [4.69, 9.17) is 15.2 Å². The zero-order valence-corrected chi connectivity index (χ0v) is 13.0. The number of carbonyl (C=O) groups excluding carboxylic acids is 1. The lowest BCUT2D eigenvalue weighted by molar-refractivity contribution is 0.0823. The SMILES string of the molecule is COc1ccc2c3c1O[C@H]1C[C@@H](O)C=C[C@@]31CCN(C(N)=O)C2. The molecule has 1 aromatic carbocycles. The van der Waals surface area contributed by atoms with Gasteiger partial charge in [0.1, 0.15) is 6.10 Å². The lowest BCUT2D eigenvalue weighted by Crippen LogP contribution is -2.43. The number of nitrogens with two attached hydrogens (primary N) is 1. The largest absolute Gasteiger partial charge is 0.493 e. The van der Waals surface area contributed by atoms with Crippen molar-refractivity contribution in [3.05, 3.63) is 35.4 Å². The van der Waals surface area contributed by atoms with E-state index >= 15 is 0 Å². The number of methoxy groups -OCH3 is 1. The quantitative estimate of drug-likeness (QED) is 0.765. The highest BCUT2D eigenvalue weighted by molar-refractivity contribution is 5.73. The Hall–Kier alpha value is -2.21. The zero-order chi connectivity index (χ0) is 16.2. The molecule has 0 saturated carbocycles. The maximum absolute atomic E-state index is 11.7. The first-order chi connectivity index (χ1) is 11.0. The average Bonchev–Trinajstić information content (AvgIpc) is 2.75. The summed E-state index contributed by atoms with van der Waals surface area (Å²) >= 11 is 0. The van der Waals surface area contributed by atoms with Crippen LogP contribution in [0.5, 0.6) is 11.5 Å². The summed E-state index contributed by atoms with van der Waals surface area (Å²) in [6.07, 6.45) is 4.47. The highest BCUT2D eigenvalue weighted by Gasteiger charge is 2.53. The maximum Gasteiger partial charge on any atom is 0.315 e. The van der Waals surface area contributed by atoms with Crippen molar-refractivity contribution in [2.75, 3.05) is 13.7 Å². The number of urea groups is 1. The van der Waals surface area contributed by atoms with Gasteiger partial charge in [0.05, 0.1) is 18.6 Å². The lowest BCUT2D eigenvalue weighted by atomic mass is 9.69. The first-order valence-corrected chi connectivity index (χ1v) is 7.84. The first-order valence-electron chi connectivity index (χ1n) is 7.84. The van der Waals surface area contributed by atoms with Gasteiger partial charge in [0.2, 0.25) is 0 Å². The molecule has 0 saturated heterocycles. The summed E-state index contributed by atoms with van der Waals surface area (Å²) in [6.45, 7) is 1.03. The van der Waals surface area contributed by atoms with Crippen LogP contribution in [0, 0.1) is 0 Å². The Kier molecular flexibility index (Phi) is 3.06. The predicted octanol–water partition coefficient (Wildman–Crippen LogP) is 1.30. The fourth-order valence-electron chi connectivity index (χ4n) is 4.12. The third-order valence-electron chi connectivity index (χ3n) is 5.27. The van der Waals surface area contributed by atoms with E-state index in [-0.39, 0.29) is 11.5 Å². The van der Waals surface area contributed by atoms with E-state index in [9.17, 15) is 9.90 Å². The standard InChI is InChI=1S/C17H20N2O4/c1-22-12-3-2-10-9-19(16(18)21)7-6-17-5-4-11(20)8-13(17)23-15(12)14(10)17/h2-5,11,13,20H,6-9H2,1H3,(H2,18,21)/t11-,13-,17-/m0/s1. The van der Waals surface area contributed by atoms with Crippen LogP contribution in [-0.4, -0.2) is 41.9 Å². The number of carbonyl (C=O) groups is 1. The van der Waals surface area contributed by atoms with E-state index in [1.54, 1.807) is 12.0 Å². The van der Waals surface area contributed by atoms with E-state index in [0.717, 1.165) is 23.3 Å². The molecule has 0 aromatic heterocycles. The second kappa shape index (κ2) is 4.89. The molecule has 2 aliphatic heterocycles. The Morgan fingerprint density at radius 1 is 1.52 bits per heavy atom. The van der Waals surface area contributed by atoms with Crippen molar-refractivity contribution in [1.82, 2.24) is 4.90 Å². The van der Waals surface area contributed by atoms with E-state index in [2.05, 4.69) is 0 Å². The molecule has 2 amide bonds. The summed E-state index contributed by atoms with van der Waals surface area (Å²) in [5.41, 5.74) is 7.29. The van der Waals surface area contributed by atoms with Gasteiger partial charge in [-0.1, -0.05) is 18.2 Å². The molecule has 122 valence electrons. The highest BCUT2D eigenvalue weighted by atomic mass is 16.5. The van der Waals surface area contributed by atoms with Gasteiger partial charge in [-0.25, -0.2) is 4.79 Å². The fraction of sp³-hybridized carbons (Fsp3) is 0.471. The zero-order valence-electron chi connectivity index (χ0n) is 13.0. The molecule has 6 nitrogen and oxygen atoms in total. The van der Waals surface area contributed by atoms with Crippen molar-refractivity contribution in [3.63, 3.8) is 0 Å². The molecular formula is C17H20N2O4. The minimum absolute atomic E-state index is 0.152. The minimum Gasteiger partial charge on any atom is -0.493 e. The summed E-state index contributed by atoms with van der Waals surface area (Å²) < 4.78 is 11.7. The van der Waals surface area contributed by atoms with Gasteiger partial charge in [0, 0.05) is 25.1 Å². The number of rotatable bonds is 1. The molecule has 1 aliphatic carbocycles. The Balaban J connectivity index is 1.92. The molecule has 3 N–H and O–H groups in total. The average molecular weight is 316 g/mol. The number of hydrogen-bond acceptors (Lipinski definition) is 4. The van der Waals surface area contributed by atoms with Gasteiger partial charge in [-0.05, 0) is 18.1 Å². The number of benzene rings is 1. The Morgan fingerprint density at radius 3 is 3.09 bits per heavy atom. The second-order valence-corrected chi connectivity index (χ2v) is 6.45. The van der Waals surface area contributed by atoms with Crippen LogP contribution in [0.4, 0.5) is 4.79 Å². The molecule has 1 spiro atoms. The minimum atomic E-state index is -0.509. The third-order valence-corrected chi connectivity index (χ3v) is 5.27. The smallest absolute Gasteiger partial charge is 0.315 e. The first kappa shape index (κ1) is 14.4. The number of nitrogens with zero attached hydrogens (tertiary/aromatic N) is 1. The molecule has 2 heterocycles. The molecule has 0 radical (unpaired) electrons. The summed E-state index contributed by atoms with van der Waals surface area (Å²) in [5.74, 6) is 1.42. The van der Waals surface area contributed by atoms with Gasteiger partial charge in [-0.2, -0.15) is 0 Å². The van der Waals surface area contributed by atoms with Crippen molar-refractivity contribution >= 4 is 6.03 Å². The summed E-state index contributed by atoms with van der Waals surface area (Å²) in [6, 6.07) is 3.43. The van der Waals surface area contributed by atoms with E-state index in [1.165, 1.54) is 0 Å². The van der Waals surface area contributed by atoms with Gasteiger partial charge < -0.3 is 25.2 Å². The molecule has 3 aliphatic rings. The fourth-order valence-corrected chi connectivity index (χ4v) is 4.12. The van der Waals surface area contributed by atoms with E-state index in [1.807, 2.05) is 24.3 Å². The van der Waals surface area contributed by atoms with Crippen molar-refractivity contribution in [3.8, 4) is 11.5 Å². The molecule has 6 heteroatoms. The normalized spacial score (nSPS) is 31.0. The predicted molar refractivity (Wildman–Crippen MR) is 83.5 cm³/mol. The van der Waals surface area contributed by atoms with Gasteiger partial charge in [-0.3, -0.25) is 0 Å². The van der Waals surface area contributed by atoms with Crippen molar-refractivity contribution in [2.24, 2.45) is 5.73 Å². The Bertz CT molecular complexity index is 702. The monoisotopic (exact) mass is 316 g/mol. The van der Waals surface area contributed by atoms with Crippen molar-refractivity contribution < 1.29 is 19.4 Å². The summed E-state index contributed by atoms with van der Waals surface area (Å²) in [7, 11) is 1.62. The molecular weight excluding hydrogens is 296 g/mol. The molecule has 0 unspecified atom stereocenters.